The highest BCUT2D eigenvalue weighted by Gasteiger charge is 2.31. The van der Waals surface area contributed by atoms with E-state index in [4.69, 9.17) is 0 Å². The summed E-state index contributed by atoms with van der Waals surface area (Å²) in [4.78, 5) is 4.40. The summed E-state index contributed by atoms with van der Waals surface area (Å²) < 4.78 is 70.2. The summed E-state index contributed by atoms with van der Waals surface area (Å²) in [6.07, 6.45) is -1.14. The SMILES string of the molecule is Cc1cccn2cc(-c3cccc(NS(=O)(=O)c4ccc(OC(F)(F)F)cc4)c3)nc12. The third-order valence-electron chi connectivity index (χ3n) is 4.46. The lowest BCUT2D eigenvalue weighted by atomic mass is 10.1. The molecule has 4 aromatic rings. The third-order valence-corrected chi connectivity index (χ3v) is 5.85. The molecule has 0 aliphatic carbocycles. The van der Waals surface area contributed by atoms with Crippen molar-refractivity contribution in [2.75, 3.05) is 4.72 Å². The number of alkyl halides is 3. The molecule has 31 heavy (non-hydrogen) atoms. The van der Waals surface area contributed by atoms with Gasteiger partial charge in [-0.25, -0.2) is 13.4 Å². The van der Waals surface area contributed by atoms with Crippen molar-refractivity contribution in [1.82, 2.24) is 9.38 Å². The lowest BCUT2D eigenvalue weighted by molar-refractivity contribution is -0.274. The van der Waals surface area contributed by atoms with E-state index in [-0.39, 0.29) is 4.90 Å². The van der Waals surface area contributed by atoms with E-state index in [9.17, 15) is 21.6 Å². The quantitative estimate of drug-likeness (QED) is 0.467. The van der Waals surface area contributed by atoms with Gasteiger partial charge >= 0.3 is 6.36 Å². The average Bonchev–Trinajstić information content (AvgIpc) is 3.13. The van der Waals surface area contributed by atoms with E-state index in [2.05, 4.69) is 14.4 Å². The number of fused-ring (bicyclic) bond motifs is 1. The number of hydrogen-bond donors (Lipinski definition) is 1. The maximum Gasteiger partial charge on any atom is 0.573 e. The molecule has 2 aromatic carbocycles. The molecule has 160 valence electrons. The number of anilines is 1. The molecule has 0 saturated carbocycles. The van der Waals surface area contributed by atoms with Gasteiger partial charge in [-0.1, -0.05) is 18.2 Å². The van der Waals surface area contributed by atoms with E-state index in [0.717, 1.165) is 35.5 Å². The van der Waals surface area contributed by atoms with Crippen molar-refractivity contribution in [2.24, 2.45) is 0 Å². The highest BCUT2D eigenvalue weighted by molar-refractivity contribution is 7.92. The number of nitrogens with one attached hydrogen (secondary N) is 1. The zero-order valence-corrected chi connectivity index (χ0v) is 16.9. The van der Waals surface area contributed by atoms with Crippen LogP contribution in [-0.2, 0) is 10.0 Å². The topological polar surface area (TPSA) is 72.7 Å². The van der Waals surface area contributed by atoms with Crippen LogP contribution in [0.4, 0.5) is 18.9 Å². The molecule has 10 heteroatoms. The van der Waals surface area contributed by atoms with Gasteiger partial charge in [0.15, 0.2) is 0 Å². The van der Waals surface area contributed by atoms with E-state index in [1.807, 2.05) is 35.9 Å². The molecule has 2 heterocycles. The van der Waals surface area contributed by atoms with Crippen molar-refractivity contribution >= 4 is 21.4 Å². The lowest BCUT2D eigenvalue weighted by Gasteiger charge is -2.11. The number of benzene rings is 2. The molecule has 0 amide bonds. The molecule has 0 fully saturated rings. The van der Waals surface area contributed by atoms with E-state index in [0.29, 0.717) is 16.9 Å². The number of ether oxygens (including phenoxy) is 1. The van der Waals surface area contributed by atoms with Gasteiger partial charge in [0.2, 0.25) is 0 Å². The molecule has 0 radical (unpaired) electrons. The summed E-state index contributed by atoms with van der Waals surface area (Å²) in [6.45, 7) is 1.95. The zero-order valence-electron chi connectivity index (χ0n) is 16.1. The van der Waals surface area contributed by atoms with Gasteiger partial charge in [-0.15, -0.1) is 13.2 Å². The number of aryl methyl sites for hydroxylation is 1. The number of halogens is 3. The molecule has 6 nitrogen and oxygen atoms in total. The Kier molecular flexibility index (Phi) is 5.10. The Morgan fingerprint density at radius 1 is 1.03 bits per heavy atom. The number of sulfonamides is 1. The maximum atomic E-state index is 12.6. The van der Waals surface area contributed by atoms with Gasteiger partial charge in [0.1, 0.15) is 11.4 Å². The molecule has 0 atom stereocenters. The highest BCUT2D eigenvalue weighted by Crippen LogP contribution is 2.27. The lowest BCUT2D eigenvalue weighted by Crippen LogP contribution is -2.17. The Balaban J connectivity index is 1.58. The van der Waals surface area contributed by atoms with Gasteiger partial charge in [0.05, 0.1) is 10.6 Å². The van der Waals surface area contributed by atoms with Crippen LogP contribution in [0, 0.1) is 6.92 Å². The van der Waals surface area contributed by atoms with Gasteiger partial charge in [0.25, 0.3) is 10.0 Å². The van der Waals surface area contributed by atoms with Crippen molar-refractivity contribution in [3.05, 3.63) is 78.6 Å². The van der Waals surface area contributed by atoms with E-state index < -0.39 is 22.1 Å². The van der Waals surface area contributed by atoms with Crippen molar-refractivity contribution in [3.63, 3.8) is 0 Å². The van der Waals surface area contributed by atoms with E-state index >= 15 is 0 Å². The second kappa shape index (κ2) is 7.62. The molecule has 4 rings (SSSR count). The van der Waals surface area contributed by atoms with Crippen LogP contribution >= 0.6 is 0 Å². The minimum absolute atomic E-state index is 0.198. The molecule has 2 aromatic heterocycles. The fourth-order valence-corrected chi connectivity index (χ4v) is 4.12. The van der Waals surface area contributed by atoms with Gasteiger partial charge in [0, 0.05) is 23.6 Å². The van der Waals surface area contributed by atoms with Gasteiger partial charge in [-0.3, -0.25) is 4.72 Å². The summed E-state index contributed by atoms with van der Waals surface area (Å²) in [7, 11) is -4.02. The minimum Gasteiger partial charge on any atom is -0.406 e. The Labute approximate surface area is 176 Å². The number of rotatable bonds is 5. The van der Waals surface area contributed by atoms with Gasteiger partial charge < -0.3 is 9.14 Å². The Morgan fingerprint density at radius 3 is 2.45 bits per heavy atom. The Bertz CT molecular complexity index is 1350. The van der Waals surface area contributed by atoms with Crippen LogP contribution in [0.5, 0.6) is 5.75 Å². The fraction of sp³-hybridized carbons (Fsp3) is 0.0952. The molecule has 1 N–H and O–H groups in total. The van der Waals surface area contributed by atoms with Crippen LogP contribution in [0.15, 0.2) is 78.0 Å². The van der Waals surface area contributed by atoms with Gasteiger partial charge in [-0.2, -0.15) is 0 Å². The Morgan fingerprint density at radius 2 is 1.77 bits per heavy atom. The number of pyridine rings is 1. The standard InChI is InChI=1S/C21H16F3N3O3S/c1-14-4-3-11-27-13-19(25-20(14)27)15-5-2-6-16(12-15)26-31(28,29)18-9-7-17(8-10-18)30-21(22,23)24/h2-13,26H,1H3. The number of nitrogens with zero attached hydrogens (tertiary/aromatic N) is 2. The molecule has 0 aliphatic heterocycles. The average molecular weight is 447 g/mol. The van der Waals surface area contributed by atoms with Crippen LogP contribution in [0.1, 0.15) is 5.56 Å². The predicted molar refractivity (Wildman–Crippen MR) is 109 cm³/mol. The van der Waals surface area contributed by atoms with Crippen molar-refractivity contribution < 1.29 is 26.3 Å². The number of hydrogen-bond acceptors (Lipinski definition) is 4. The van der Waals surface area contributed by atoms with Crippen LogP contribution in [0.3, 0.4) is 0 Å². The maximum absolute atomic E-state index is 12.6. The normalized spacial score (nSPS) is 12.1. The third kappa shape index (κ3) is 4.64. The molecule has 0 unspecified atom stereocenters. The molecule has 0 spiro atoms. The van der Waals surface area contributed by atoms with Crippen LogP contribution in [0.25, 0.3) is 16.9 Å². The largest absolute Gasteiger partial charge is 0.573 e. The first-order valence-corrected chi connectivity index (χ1v) is 10.5. The molecule has 0 bridgehead atoms. The van der Waals surface area contributed by atoms with Crippen LogP contribution in [-0.4, -0.2) is 24.2 Å². The smallest absolute Gasteiger partial charge is 0.406 e. The van der Waals surface area contributed by atoms with E-state index in [1.54, 1.807) is 24.3 Å². The summed E-state index contributed by atoms with van der Waals surface area (Å²) in [5, 5.41) is 0. The highest BCUT2D eigenvalue weighted by atomic mass is 32.2. The fourth-order valence-electron chi connectivity index (χ4n) is 3.07. The second-order valence-corrected chi connectivity index (χ2v) is 8.44. The number of imidazole rings is 1. The minimum atomic E-state index is -4.85. The van der Waals surface area contributed by atoms with Crippen molar-refractivity contribution in [1.29, 1.82) is 0 Å². The molecule has 0 aliphatic rings. The molecule has 0 saturated heterocycles. The summed E-state index contributed by atoms with van der Waals surface area (Å²) in [6, 6.07) is 14.5. The molecular weight excluding hydrogens is 431 g/mol. The number of aromatic nitrogens is 2. The molecular formula is C21H16F3N3O3S. The van der Waals surface area contributed by atoms with Crippen LogP contribution in [0.2, 0.25) is 0 Å². The van der Waals surface area contributed by atoms with Gasteiger partial charge in [-0.05, 0) is 55.0 Å². The summed E-state index contributed by atoms with van der Waals surface area (Å²) in [5.74, 6) is -0.504. The summed E-state index contributed by atoms with van der Waals surface area (Å²) in [5.41, 5.74) is 3.47. The van der Waals surface area contributed by atoms with Crippen molar-refractivity contribution in [3.8, 4) is 17.0 Å². The monoisotopic (exact) mass is 447 g/mol. The first kappa shape index (κ1) is 20.7. The van der Waals surface area contributed by atoms with E-state index in [1.165, 1.54) is 0 Å². The van der Waals surface area contributed by atoms with Crippen molar-refractivity contribution in [2.45, 2.75) is 18.2 Å². The zero-order chi connectivity index (χ0) is 22.2. The van der Waals surface area contributed by atoms with Crippen LogP contribution < -0.4 is 9.46 Å². The second-order valence-electron chi connectivity index (χ2n) is 6.75. The first-order valence-electron chi connectivity index (χ1n) is 9.04. The predicted octanol–water partition coefficient (Wildman–Crippen LogP) is 5.01. The Hall–Kier alpha value is -3.53. The first-order chi connectivity index (χ1) is 14.6. The summed E-state index contributed by atoms with van der Waals surface area (Å²) >= 11 is 0.